The molecule has 0 bridgehead atoms. The molecule has 4 rings (SSSR count). The number of rotatable bonds is 3. The molecule has 24 heavy (non-hydrogen) atoms. The third kappa shape index (κ3) is 2.91. The number of carbonyl (C=O) groups excluding carboxylic acids is 1. The van der Waals surface area contributed by atoms with E-state index in [9.17, 15) is 4.79 Å². The van der Waals surface area contributed by atoms with Crippen LogP contribution in [-0.2, 0) is 17.8 Å². The van der Waals surface area contributed by atoms with E-state index in [0.29, 0.717) is 0 Å². The molecule has 0 N–H and O–H groups in total. The summed E-state index contributed by atoms with van der Waals surface area (Å²) in [7, 11) is 0. The molecule has 1 aromatic heterocycles. The van der Waals surface area contributed by atoms with Gasteiger partial charge in [0.25, 0.3) is 0 Å². The first-order chi connectivity index (χ1) is 11.8. The van der Waals surface area contributed by atoms with Gasteiger partial charge in [0.05, 0.1) is 0 Å². The summed E-state index contributed by atoms with van der Waals surface area (Å²) in [4.78, 5) is 26.3. The van der Waals surface area contributed by atoms with Crippen molar-refractivity contribution in [2.75, 3.05) is 42.5 Å². The van der Waals surface area contributed by atoms with Crippen LogP contribution in [0.3, 0.4) is 0 Å². The van der Waals surface area contributed by atoms with Crippen molar-refractivity contribution in [2.45, 2.75) is 13.0 Å². The second-order valence-corrected chi connectivity index (χ2v) is 6.28. The standard InChI is InChI=1S/C18H21N5O/c24-14-21-9-11-22(12-10-21)18-19-7-5-17(20-18)23-8-6-15-3-1-2-4-16(15)13-23/h1-5,7,14H,6,8-13H2. The maximum Gasteiger partial charge on any atom is 0.227 e. The van der Waals surface area contributed by atoms with Gasteiger partial charge in [-0.2, -0.15) is 4.98 Å². The van der Waals surface area contributed by atoms with Crippen molar-refractivity contribution in [3.05, 3.63) is 47.7 Å². The van der Waals surface area contributed by atoms with Gasteiger partial charge in [-0.05, 0) is 23.6 Å². The van der Waals surface area contributed by atoms with E-state index >= 15 is 0 Å². The first-order valence-electron chi connectivity index (χ1n) is 8.42. The highest BCUT2D eigenvalue weighted by Crippen LogP contribution is 2.24. The van der Waals surface area contributed by atoms with Crippen molar-refractivity contribution in [3.63, 3.8) is 0 Å². The Morgan fingerprint density at radius 2 is 1.71 bits per heavy atom. The van der Waals surface area contributed by atoms with Crippen molar-refractivity contribution in [1.29, 1.82) is 0 Å². The predicted octanol–water partition coefficient (Wildman–Crippen LogP) is 1.32. The summed E-state index contributed by atoms with van der Waals surface area (Å²) in [5.74, 6) is 1.74. The van der Waals surface area contributed by atoms with Gasteiger partial charge in [0.15, 0.2) is 0 Å². The number of nitrogens with zero attached hydrogens (tertiary/aromatic N) is 5. The quantitative estimate of drug-likeness (QED) is 0.798. The smallest absolute Gasteiger partial charge is 0.227 e. The number of fused-ring (bicyclic) bond motifs is 1. The van der Waals surface area contributed by atoms with Gasteiger partial charge in [0.2, 0.25) is 12.4 Å². The fourth-order valence-electron chi connectivity index (χ4n) is 3.39. The number of carbonyl (C=O) groups is 1. The largest absolute Gasteiger partial charge is 0.352 e. The molecule has 0 saturated carbocycles. The summed E-state index contributed by atoms with van der Waals surface area (Å²) >= 11 is 0. The van der Waals surface area contributed by atoms with Crippen LogP contribution in [0.2, 0.25) is 0 Å². The highest BCUT2D eigenvalue weighted by atomic mass is 16.1. The lowest BCUT2D eigenvalue weighted by Crippen LogP contribution is -2.46. The minimum atomic E-state index is 0.730. The molecule has 1 saturated heterocycles. The average molecular weight is 323 g/mol. The molecule has 2 aliphatic heterocycles. The van der Waals surface area contributed by atoms with Crippen LogP contribution < -0.4 is 9.80 Å². The van der Waals surface area contributed by atoms with Crippen molar-refractivity contribution >= 4 is 18.2 Å². The van der Waals surface area contributed by atoms with Crippen LogP contribution in [-0.4, -0.2) is 54.0 Å². The molecule has 2 aliphatic rings. The second kappa shape index (κ2) is 6.47. The Morgan fingerprint density at radius 3 is 2.50 bits per heavy atom. The SMILES string of the molecule is O=CN1CCN(c2nccc(N3CCc4ccccc4C3)n2)CC1. The van der Waals surface area contributed by atoms with Crippen molar-refractivity contribution in [3.8, 4) is 0 Å². The Hall–Kier alpha value is -2.63. The Labute approximate surface area is 141 Å². The molecule has 0 radical (unpaired) electrons. The average Bonchev–Trinajstić information content (AvgIpc) is 2.68. The highest BCUT2D eigenvalue weighted by molar-refractivity contribution is 5.50. The van der Waals surface area contributed by atoms with Crippen LogP contribution in [0, 0.1) is 0 Å². The van der Waals surface area contributed by atoms with E-state index in [2.05, 4.69) is 39.0 Å². The predicted molar refractivity (Wildman–Crippen MR) is 93.1 cm³/mol. The first-order valence-corrected chi connectivity index (χ1v) is 8.42. The summed E-state index contributed by atoms with van der Waals surface area (Å²) in [5.41, 5.74) is 2.82. The first kappa shape index (κ1) is 14.9. The summed E-state index contributed by atoms with van der Waals surface area (Å²) in [6.07, 6.45) is 3.80. The van der Waals surface area contributed by atoms with Gasteiger partial charge in [-0.25, -0.2) is 4.98 Å². The van der Waals surface area contributed by atoms with Crippen LogP contribution in [0.1, 0.15) is 11.1 Å². The maximum absolute atomic E-state index is 10.8. The zero-order valence-corrected chi connectivity index (χ0v) is 13.6. The topological polar surface area (TPSA) is 52.6 Å². The Bertz CT molecular complexity index is 727. The van der Waals surface area contributed by atoms with E-state index in [0.717, 1.165) is 63.9 Å². The van der Waals surface area contributed by atoms with Gasteiger partial charge in [0, 0.05) is 45.5 Å². The number of amides is 1. The number of piperazine rings is 1. The Morgan fingerprint density at radius 1 is 0.917 bits per heavy atom. The number of hydrogen-bond donors (Lipinski definition) is 0. The summed E-state index contributed by atoms with van der Waals surface area (Å²) in [6, 6.07) is 10.6. The molecule has 0 aliphatic carbocycles. The number of anilines is 2. The van der Waals surface area contributed by atoms with E-state index in [-0.39, 0.29) is 0 Å². The van der Waals surface area contributed by atoms with Gasteiger partial charge < -0.3 is 14.7 Å². The monoisotopic (exact) mass is 323 g/mol. The molecule has 1 fully saturated rings. The van der Waals surface area contributed by atoms with E-state index in [1.807, 2.05) is 12.3 Å². The molecule has 0 unspecified atom stereocenters. The molecule has 124 valence electrons. The lowest BCUT2D eigenvalue weighted by atomic mass is 10.00. The maximum atomic E-state index is 10.8. The minimum Gasteiger partial charge on any atom is -0.352 e. The molecular formula is C18H21N5O. The van der Waals surface area contributed by atoms with E-state index in [1.54, 1.807) is 4.90 Å². The lowest BCUT2D eigenvalue weighted by Gasteiger charge is -2.34. The van der Waals surface area contributed by atoms with E-state index in [4.69, 9.17) is 4.98 Å². The van der Waals surface area contributed by atoms with Crippen molar-refractivity contribution < 1.29 is 4.79 Å². The second-order valence-electron chi connectivity index (χ2n) is 6.28. The molecule has 1 aromatic carbocycles. The van der Waals surface area contributed by atoms with Gasteiger partial charge in [0.1, 0.15) is 5.82 Å². The van der Waals surface area contributed by atoms with Crippen molar-refractivity contribution in [2.24, 2.45) is 0 Å². The summed E-state index contributed by atoms with van der Waals surface area (Å²) in [6.45, 7) is 4.90. The van der Waals surface area contributed by atoms with Crippen LogP contribution in [0.5, 0.6) is 0 Å². The van der Waals surface area contributed by atoms with Crippen LogP contribution in [0.25, 0.3) is 0 Å². The molecule has 3 heterocycles. The molecule has 0 spiro atoms. The van der Waals surface area contributed by atoms with Crippen molar-refractivity contribution in [1.82, 2.24) is 14.9 Å². The molecule has 6 heteroatoms. The molecule has 6 nitrogen and oxygen atoms in total. The number of benzene rings is 1. The van der Waals surface area contributed by atoms with Gasteiger partial charge in [-0.3, -0.25) is 4.79 Å². The Balaban J connectivity index is 1.50. The van der Waals surface area contributed by atoms with E-state index in [1.165, 1.54) is 11.1 Å². The normalized spacial score (nSPS) is 17.6. The lowest BCUT2D eigenvalue weighted by molar-refractivity contribution is -0.118. The van der Waals surface area contributed by atoms with Gasteiger partial charge in [-0.15, -0.1) is 0 Å². The zero-order valence-electron chi connectivity index (χ0n) is 13.6. The zero-order chi connectivity index (χ0) is 16.4. The third-order valence-corrected chi connectivity index (χ3v) is 4.83. The minimum absolute atomic E-state index is 0.730. The third-order valence-electron chi connectivity index (χ3n) is 4.83. The molecular weight excluding hydrogens is 302 g/mol. The fourth-order valence-corrected chi connectivity index (χ4v) is 3.39. The van der Waals surface area contributed by atoms with Gasteiger partial charge in [-0.1, -0.05) is 24.3 Å². The Kier molecular flexibility index (Phi) is 4.02. The number of hydrogen-bond acceptors (Lipinski definition) is 5. The highest BCUT2D eigenvalue weighted by Gasteiger charge is 2.21. The van der Waals surface area contributed by atoms with Crippen LogP contribution in [0.4, 0.5) is 11.8 Å². The van der Waals surface area contributed by atoms with Crippen LogP contribution in [0.15, 0.2) is 36.5 Å². The van der Waals surface area contributed by atoms with Crippen LogP contribution >= 0.6 is 0 Å². The summed E-state index contributed by atoms with van der Waals surface area (Å²) < 4.78 is 0. The molecule has 1 amide bonds. The van der Waals surface area contributed by atoms with Gasteiger partial charge >= 0.3 is 0 Å². The van der Waals surface area contributed by atoms with E-state index < -0.39 is 0 Å². The fraction of sp³-hybridized carbons (Fsp3) is 0.389. The summed E-state index contributed by atoms with van der Waals surface area (Å²) in [5, 5.41) is 0. The number of aromatic nitrogens is 2. The molecule has 2 aromatic rings. The molecule has 0 atom stereocenters.